The molecule has 0 spiro atoms. The molecule has 0 aliphatic heterocycles. The number of para-hydroxylation sites is 7. The van der Waals surface area contributed by atoms with Gasteiger partial charge in [0.2, 0.25) is 0 Å². The summed E-state index contributed by atoms with van der Waals surface area (Å²) in [5.74, 6) is 0. The van der Waals surface area contributed by atoms with Crippen LogP contribution in [0, 0.1) is 0 Å². The molecule has 0 N–H and O–H groups in total. The van der Waals surface area contributed by atoms with Crippen LogP contribution in [-0.4, -0.2) is 9.13 Å². The van der Waals surface area contributed by atoms with Gasteiger partial charge < -0.3 is 27.8 Å². The second-order valence-corrected chi connectivity index (χ2v) is 27.5. The lowest BCUT2D eigenvalue weighted by molar-refractivity contribution is 0.673. The Morgan fingerprint density at radius 2 is 0.472 bits per heavy atom. The first-order valence-corrected chi connectivity index (χ1v) is 36.8. The van der Waals surface area contributed by atoms with Crippen LogP contribution in [0.15, 0.2) is 421 Å². The lowest BCUT2D eigenvalue weighted by Crippen LogP contribution is -2.09. The van der Waals surface area contributed by atoms with E-state index in [2.05, 4.69) is 431 Å². The molecule has 0 saturated carbocycles. The molecule has 0 aliphatic carbocycles. The van der Waals surface area contributed by atoms with Crippen LogP contribution < -0.4 is 9.80 Å². The minimum Gasteiger partial charge on any atom is -0.453 e. The van der Waals surface area contributed by atoms with Gasteiger partial charge in [0.15, 0.2) is 11.2 Å². The molecule has 6 heteroatoms. The number of rotatable bonds is 13. The Hall–Kier alpha value is -14.5. The molecule has 4 aromatic heterocycles. The Morgan fingerprint density at radius 1 is 0.185 bits per heavy atom. The average Bonchev–Trinajstić information content (AvgIpc) is 1.56. The number of fused-ring (bicyclic) bond motifs is 12. The summed E-state index contributed by atoms with van der Waals surface area (Å²) in [5.41, 5.74) is 28.4. The largest absolute Gasteiger partial charge is 0.453 e. The molecule has 0 aliphatic rings. The van der Waals surface area contributed by atoms with Gasteiger partial charge >= 0.3 is 0 Å². The van der Waals surface area contributed by atoms with E-state index >= 15 is 0 Å². The van der Waals surface area contributed by atoms with Crippen LogP contribution >= 0.6 is 0 Å². The van der Waals surface area contributed by atoms with Gasteiger partial charge in [0, 0.05) is 78.2 Å². The van der Waals surface area contributed by atoms with Crippen molar-refractivity contribution < 1.29 is 8.83 Å². The van der Waals surface area contributed by atoms with E-state index in [0.29, 0.717) is 0 Å². The van der Waals surface area contributed by atoms with E-state index in [9.17, 15) is 0 Å². The molecule has 0 bridgehead atoms. The molecule has 508 valence electrons. The molecule has 0 radical (unpaired) electrons. The highest BCUT2D eigenvalue weighted by Crippen LogP contribution is 2.47. The molecule has 0 atom stereocenters. The maximum atomic E-state index is 6.86. The zero-order chi connectivity index (χ0) is 71.4. The van der Waals surface area contributed by atoms with Crippen molar-refractivity contribution in [1.82, 2.24) is 9.13 Å². The summed E-state index contributed by atoms with van der Waals surface area (Å²) in [7, 11) is 0. The summed E-state index contributed by atoms with van der Waals surface area (Å²) in [4.78, 5) is 4.64. The first kappa shape index (κ1) is 63.2. The lowest BCUT2D eigenvalue weighted by atomic mass is 10.0. The Balaban J connectivity index is 0.000000143. The number of hydrogen-bond acceptors (Lipinski definition) is 4. The Bertz CT molecular complexity index is 6860. The molecule has 0 amide bonds. The molecular formula is C102H68N4O2. The van der Waals surface area contributed by atoms with Crippen molar-refractivity contribution in [1.29, 1.82) is 0 Å². The van der Waals surface area contributed by atoms with Gasteiger partial charge in [0.25, 0.3) is 0 Å². The van der Waals surface area contributed by atoms with Gasteiger partial charge in [-0.25, -0.2) is 0 Å². The quantitative estimate of drug-likeness (QED) is 0.115. The highest BCUT2D eigenvalue weighted by molar-refractivity contribution is 6.20. The van der Waals surface area contributed by atoms with E-state index in [1.54, 1.807) is 0 Å². The van der Waals surface area contributed by atoms with Gasteiger partial charge in [-0.1, -0.05) is 267 Å². The van der Waals surface area contributed by atoms with Crippen molar-refractivity contribution in [2.24, 2.45) is 0 Å². The SMILES string of the molecule is c1ccc(-c2ccc(N(c3ccc(-c4ccc5ccccc5c4)cc3)c3ccc(-c4cccc5c4oc4c6ccccc6n(-c6ccccc6)c54)cc3)cc2)cc1.c1ccc(N(c2ccc(-c3ccc4ccccc4c3)cc2)c2ccc(-c3cccc4c3oc3c5ccccc5n(-c5ccccc5)c43)cc2)cc1. The predicted octanol–water partition coefficient (Wildman–Crippen LogP) is 28.6. The first-order chi connectivity index (χ1) is 53.6. The van der Waals surface area contributed by atoms with Gasteiger partial charge in [-0.2, -0.15) is 0 Å². The van der Waals surface area contributed by atoms with Gasteiger partial charge in [-0.3, -0.25) is 0 Å². The molecule has 4 heterocycles. The number of aromatic nitrogens is 2. The molecule has 108 heavy (non-hydrogen) atoms. The van der Waals surface area contributed by atoms with E-state index in [-0.39, 0.29) is 0 Å². The second-order valence-electron chi connectivity index (χ2n) is 27.5. The number of furan rings is 2. The molecule has 6 nitrogen and oxygen atoms in total. The van der Waals surface area contributed by atoms with E-state index in [1.807, 2.05) is 0 Å². The Labute approximate surface area is 625 Å². The van der Waals surface area contributed by atoms with E-state index in [0.717, 1.165) is 134 Å². The van der Waals surface area contributed by atoms with Gasteiger partial charge in [-0.05, 0) is 212 Å². The van der Waals surface area contributed by atoms with Crippen molar-refractivity contribution in [3.63, 3.8) is 0 Å². The fourth-order valence-electron chi connectivity index (χ4n) is 16.0. The van der Waals surface area contributed by atoms with Crippen molar-refractivity contribution in [3.8, 4) is 67.0 Å². The minimum absolute atomic E-state index is 0.892. The highest BCUT2D eigenvalue weighted by Gasteiger charge is 2.25. The predicted molar refractivity (Wildman–Crippen MR) is 453 cm³/mol. The third-order valence-electron chi connectivity index (χ3n) is 21.2. The summed E-state index contributed by atoms with van der Waals surface area (Å²) >= 11 is 0. The fourth-order valence-corrected chi connectivity index (χ4v) is 16.0. The highest BCUT2D eigenvalue weighted by atomic mass is 16.3. The molecule has 0 fully saturated rings. The summed E-state index contributed by atoms with van der Waals surface area (Å²) in [6.07, 6.45) is 0. The zero-order valence-electron chi connectivity index (χ0n) is 58.9. The number of benzene rings is 17. The number of hydrogen-bond donors (Lipinski definition) is 0. The van der Waals surface area contributed by atoms with E-state index in [1.165, 1.54) is 54.9 Å². The van der Waals surface area contributed by atoms with Gasteiger partial charge in [0.1, 0.15) is 22.2 Å². The number of anilines is 6. The maximum absolute atomic E-state index is 6.86. The van der Waals surface area contributed by atoms with Gasteiger partial charge in [-0.15, -0.1) is 0 Å². The summed E-state index contributed by atoms with van der Waals surface area (Å²) in [5, 5.41) is 9.41. The Morgan fingerprint density at radius 3 is 0.870 bits per heavy atom. The molecular weight excluding hydrogens is 1310 g/mol. The van der Waals surface area contributed by atoms with Crippen molar-refractivity contribution in [2.45, 2.75) is 0 Å². The third kappa shape index (κ3) is 11.3. The maximum Gasteiger partial charge on any atom is 0.161 e. The van der Waals surface area contributed by atoms with Crippen LogP contribution in [0.25, 0.3) is 154 Å². The van der Waals surface area contributed by atoms with Crippen LogP contribution in [0.4, 0.5) is 34.1 Å². The van der Waals surface area contributed by atoms with Crippen LogP contribution in [0.2, 0.25) is 0 Å². The molecule has 21 aromatic rings. The van der Waals surface area contributed by atoms with Crippen molar-refractivity contribution >= 4 is 122 Å². The smallest absolute Gasteiger partial charge is 0.161 e. The Kier molecular flexibility index (Phi) is 15.8. The van der Waals surface area contributed by atoms with Crippen LogP contribution in [0.5, 0.6) is 0 Å². The van der Waals surface area contributed by atoms with Crippen LogP contribution in [0.3, 0.4) is 0 Å². The van der Waals surface area contributed by atoms with E-state index in [4.69, 9.17) is 8.83 Å². The summed E-state index contributed by atoms with van der Waals surface area (Å²) < 4.78 is 18.3. The molecule has 0 saturated heterocycles. The van der Waals surface area contributed by atoms with Crippen LogP contribution in [0.1, 0.15) is 0 Å². The number of nitrogens with zero attached hydrogens (tertiary/aromatic N) is 4. The van der Waals surface area contributed by atoms with Crippen LogP contribution in [-0.2, 0) is 0 Å². The van der Waals surface area contributed by atoms with Crippen molar-refractivity contribution in [2.75, 3.05) is 9.80 Å². The standard InChI is InChI=1S/C54H36N2O.C48H32N2O/c1-3-12-37(13-4-1)39-24-30-45(31-25-39)55(46-32-26-40(27-33-46)43-23-22-38-14-7-8-15-42(38)36-43)47-34-28-41(29-35-47)48-19-11-20-50-52-54(57-53(48)50)49-18-9-10-21-51(49)56(52)44-16-5-2-6-17-44;1-3-14-38(15-4-1)49(40-28-24-34(25-29-40)37-23-22-33-12-7-8-13-36(33)32-37)41-30-26-35(27-31-41)42-19-11-20-44-46-48(51-47(42)44)43-18-9-10-21-45(43)50(46)39-16-5-2-6-17-39/h1-36H;1-32H. The monoisotopic (exact) mass is 1380 g/mol. The fraction of sp³-hybridized carbons (Fsp3) is 0. The topological polar surface area (TPSA) is 42.6 Å². The average molecular weight is 1380 g/mol. The van der Waals surface area contributed by atoms with E-state index < -0.39 is 0 Å². The molecule has 21 rings (SSSR count). The third-order valence-corrected chi connectivity index (χ3v) is 21.2. The normalized spacial score (nSPS) is 11.5. The lowest BCUT2D eigenvalue weighted by Gasteiger charge is -2.26. The summed E-state index contributed by atoms with van der Waals surface area (Å²) in [6.45, 7) is 0. The molecule has 0 unspecified atom stereocenters. The molecule has 17 aromatic carbocycles. The zero-order valence-corrected chi connectivity index (χ0v) is 58.9. The minimum atomic E-state index is 0.892. The first-order valence-electron chi connectivity index (χ1n) is 36.8. The van der Waals surface area contributed by atoms with Gasteiger partial charge in [0.05, 0.1) is 11.0 Å². The summed E-state index contributed by atoms with van der Waals surface area (Å²) in [6, 6.07) is 147. The van der Waals surface area contributed by atoms with Crippen molar-refractivity contribution in [3.05, 3.63) is 413 Å². The second kappa shape index (κ2) is 27.0.